The summed E-state index contributed by atoms with van der Waals surface area (Å²) in [5.41, 5.74) is 0. The fourth-order valence-corrected chi connectivity index (χ4v) is 2.01. The Labute approximate surface area is 68.2 Å². The normalized spacial score (nSPS) is 26.6. The van der Waals surface area contributed by atoms with Crippen LogP contribution in [-0.4, -0.2) is 21.2 Å². The molecule has 1 N–H and O–H groups in total. The van der Waals surface area contributed by atoms with Gasteiger partial charge in [-0.05, 0) is 0 Å². The Morgan fingerprint density at radius 2 is 2.56 bits per heavy atom. The molecule has 0 bridgehead atoms. The smallest absolute Gasteiger partial charge is 0.239 e. The summed E-state index contributed by atoms with van der Waals surface area (Å²) in [7, 11) is 0. The number of carbonyl (C=O) groups is 1. The molecule has 1 aliphatic heterocycles. The van der Waals surface area contributed by atoms with E-state index in [2.05, 4.69) is 17.9 Å². The van der Waals surface area contributed by atoms with E-state index >= 15 is 0 Å². The summed E-state index contributed by atoms with van der Waals surface area (Å²) in [6, 6.07) is 0. The van der Waals surface area contributed by atoms with Crippen molar-refractivity contribution in [3.8, 4) is 0 Å². The average molecular weight is 179 g/mol. The lowest BCUT2D eigenvalue weighted by molar-refractivity contribution is -0.118. The van der Waals surface area contributed by atoms with Crippen molar-refractivity contribution in [2.75, 3.05) is 5.75 Å². The van der Waals surface area contributed by atoms with Crippen molar-refractivity contribution in [2.24, 2.45) is 0 Å². The van der Waals surface area contributed by atoms with Crippen LogP contribution in [-0.2, 0) is 4.79 Å². The highest BCUT2D eigenvalue weighted by Gasteiger charge is 2.27. The predicted molar refractivity (Wildman–Crippen MR) is 46.0 cm³/mol. The van der Waals surface area contributed by atoms with Crippen LogP contribution < -0.4 is 5.32 Å². The SMILES string of the molecule is O=C1NC(=S)SC1CS. The molecule has 0 spiro atoms. The molecule has 1 saturated heterocycles. The van der Waals surface area contributed by atoms with Gasteiger partial charge in [-0.2, -0.15) is 12.6 Å². The fourth-order valence-electron chi connectivity index (χ4n) is 0.513. The first-order valence-electron chi connectivity index (χ1n) is 2.36. The minimum atomic E-state index is -0.0687. The molecule has 9 heavy (non-hydrogen) atoms. The van der Waals surface area contributed by atoms with Gasteiger partial charge < -0.3 is 5.32 Å². The molecule has 0 radical (unpaired) electrons. The number of hydrogen-bond donors (Lipinski definition) is 2. The van der Waals surface area contributed by atoms with Crippen molar-refractivity contribution < 1.29 is 4.79 Å². The Balaban J connectivity index is 2.58. The monoisotopic (exact) mass is 179 g/mol. The van der Waals surface area contributed by atoms with Gasteiger partial charge in [0.2, 0.25) is 5.91 Å². The minimum Gasteiger partial charge on any atom is -0.311 e. The van der Waals surface area contributed by atoms with Crippen molar-refractivity contribution in [3.05, 3.63) is 0 Å². The van der Waals surface area contributed by atoms with Gasteiger partial charge >= 0.3 is 0 Å². The highest BCUT2D eigenvalue weighted by atomic mass is 32.2. The van der Waals surface area contributed by atoms with Crippen LogP contribution in [0, 0.1) is 0 Å². The lowest BCUT2D eigenvalue weighted by Crippen LogP contribution is -2.24. The summed E-state index contributed by atoms with van der Waals surface area (Å²) in [5, 5.41) is 2.46. The molecule has 1 rings (SSSR count). The van der Waals surface area contributed by atoms with Crippen LogP contribution in [0.5, 0.6) is 0 Å². The van der Waals surface area contributed by atoms with Crippen LogP contribution in [0.2, 0.25) is 0 Å². The van der Waals surface area contributed by atoms with Gasteiger partial charge in [0.1, 0.15) is 4.32 Å². The maximum Gasteiger partial charge on any atom is 0.239 e. The number of nitrogens with one attached hydrogen (secondary N) is 1. The maximum absolute atomic E-state index is 10.7. The number of hydrogen-bond acceptors (Lipinski definition) is 4. The summed E-state index contributed by atoms with van der Waals surface area (Å²) in [6.07, 6.45) is 0. The van der Waals surface area contributed by atoms with Crippen molar-refractivity contribution in [3.63, 3.8) is 0 Å². The molecule has 2 nitrogen and oxygen atoms in total. The van der Waals surface area contributed by atoms with Crippen LogP contribution in [0.3, 0.4) is 0 Å². The van der Waals surface area contributed by atoms with Gasteiger partial charge in [0.15, 0.2) is 0 Å². The maximum atomic E-state index is 10.7. The van der Waals surface area contributed by atoms with Gasteiger partial charge in [-0.25, -0.2) is 0 Å². The summed E-state index contributed by atoms with van der Waals surface area (Å²) < 4.78 is 0.569. The Morgan fingerprint density at radius 3 is 2.78 bits per heavy atom. The van der Waals surface area contributed by atoms with E-state index in [9.17, 15) is 4.79 Å². The summed E-state index contributed by atoms with van der Waals surface area (Å²) in [6.45, 7) is 0. The first kappa shape index (κ1) is 7.37. The Hall–Kier alpha value is 0.260. The van der Waals surface area contributed by atoms with Gasteiger partial charge in [0.05, 0.1) is 5.25 Å². The molecule has 1 heterocycles. The van der Waals surface area contributed by atoms with E-state index in [4.69, 9.17) is 12.2 Å². The van der Waals surface area contributed by atoms with Gasteiger partial charge in [-0.1, -0.05) is 24.0 Å². The molecule has 50 valence electrons. The third-order valence-corrected chi connectivity index (χ3v) is 2.92. The summed E-state index contributed by atoms with van der Waals surface area (Å²) in [5.74, 6) is 0.538. The summed E-state index contributed by atoms with van der Waals surface area (Å²) in [4.78, 5) is 10.7. The zero-order valence-corrected chi connectivity index (χ0v) is 6.98. The number of rotatable bonds is 1. The Kier molecular flexibility index (Phi) is 2.37. The third-order valence-electron chi connectivity index (χ3n) is 0.933. The van der Waals surface area contributed by atoms with Crippen molar-refractivity contribution >= 4 is 46.8 Å². The number of carbonyl (C=O) groups excluding carboxylic acids is 1. The first-order valence-corrected chi connectivity index (χ1v) is 4.28. The largest absolute Gasteiger partial charge is 0.311 e. The van der Waals surface area contributed by atoms with Crippen molar-refractivity contribution in [1.82, 2.24) is 5.32 Å². The molecular formula is C4H5NOS3. The predicted octanol–water partition coefficient (Wildman–Crippen LogP) is 0.433. The van der Waals surface area contributed by atoms with E-state index < -0.39 is 0 Å². The molecule has 1 unspecified atom stereocenters. The lowest BCUT2D eigenvalue weighted by Gasteiger charge is -1.95. The quantitative estimate of drug-likeness (QED) is 0.452. The molecule has 1 atom stereocenters. The number of amides is 1. The molecule has 1 aliphatic rings. The van der Waals surface area contributed by atoms with Crippen LogP contribution in [0.4, 0.5) is 0 Å². The topological polar surface area (TPSA) is 29.1 Å². The van der Waals surface area contributed by atoms with E-state index in [1.807, 2.05) is 0 Å². The van der Waals surface area contributed by atoms with Crippen LogP contribution in [0.25, 0.3) is 0 Å². The van der Waals surface area contributed by atoms with Gasteiger partial charge in [0, 0.05) is 5.75 Å². The Morgan fingerprint density at radius 1 is 1.89 bits per heavy atom. The van der Waals surface area contributed by atoms with Crippen molar-refractivity contribution in [1.29, 1.82) is 0 Å². The highest BCUT2D eigenvalue weighted by Crippen LogP contribution is 2.19. The van der Waals surface area contributed by atoms with Gasteiger partial charge in [-0.15, -0.1) is 0 Å². The molecule has 0 aromatic heterocycles. The molecule has 0 aliphatic carbocycles. The Bertz CT molecular complexity index is 158. The number of thioether (sulfide) groups is 1. The van der Waals surface area contributed by atoms with Crippen LogP contribution in [0.1, 0.15) is 0 Å². The number of thiol groups is 1. The molecule has 5 heteroatoms. The standard InChI is InChI=1S/C4H5NOS3/c6-3-2(1-7)9-4(8)5-3/h2,7H,1H2,(H,5,6,8). The third kappa shape index (κ3) is 1.59. The summed E-state index contributed by atoms with van der Waals surface area (Å²) >= 11 is 10.1. The van der Waals surface area contributed by atoms with Crippen molar-refractivity contribution in [2.45, 2.75) is 5.25 Å². The second-order valence-electron chi connectivity index (χ2n) is 1.57. The van der Waals surface area contributed by atoms with E-state index in [1.54, 1.807) is 0 Å². The molecule has 0 aromatic rings. The van der Waals surface area contributed by atoms with Crippen LogP contribution >= 0.6 is 36.6 Å². The lowest BCUT2D eigenvalue weighted by atomic mass is 10.4. The second kappa shape index (κ2) is 2.90. The minimum absolute atomic E-state index is 0.0139. The van der Waals surface area contributed by atoms with E-state index in [0.29, 0.717) is 10.1 Å². The van der Waals surface area contributed by atoms with Gasteiger partial charge in [0.25, 0.3) is 0 Å². The zero-order chi connectivity index (χ0) is 6.85. The molecule has 0 aromatic carbocycles. The fraction of sp³-hybridized carbons (Fsp3) is 0.500. The van der Waals surface area contributed by atoms with E-state index in [-0.39, 0.29) is 11.2 Å². The zero-order valence-electron chi connectivity index (χ0n) is 4.46. The van der Waals surface area contributed by atoms with Gasteiger partial charge in [-0.3, -0.25) is 4.79 Å². The molecule has 1 amide bonds. The molecule has 0 saturated carbocycles. The first-order chi connectivity index (χ1) is 4.24. The number of thiocarbonyl (C=S) groups is 1. The highest BCUT2D eigenvalue weighted by molar-refractivity contribution is 8.24. The van der Waals surface area contributed by atoms with Crippen LogP contribution in [0.15, 0.2) is 0 Å². The molecular weight excluding hydrogens is 174 g/mol. The average Bonchev–Trinajstić information content (AvgIpc) is 2.10. The van der Waals surface area contributed by atoms with E-state index in [0.717, 1.165) is 0 Å². The second-order valence-corrected chi connectivity index (χ2v) is 3.81. The molecule has 1 fully saturated rings. The van der Waals surface area contributed by atoms with E-state index in [1.165, 1.54) is 11.8 Å².